The SMILES string of the molecule is O=C(O)c1cnn(C2CCN(C(=O)C3CCCCCCC3)CC2)c1. The minimum atomic E-state index is -0.946. The third-order valence-corrected chi connectivity index (χ3v) is 5.45. The van der Waals surface area contributed by atoms with Crippen molar-refractivity contribution in [2.24, 2.45) is 5.92 Å². The maximum atomic E-state index is 12.8. The fraction of sp³-hybridized carbons (Fsp3) is 0.722. The quantitative estimate of drug-likeness (QED) is 0.922. The van der Waals surface area contributed by atoms with Crippen molar-refractivity contribution in [3.63, 3.8) is 0 Å². The molecule has 6 nitrogen and oxygen atoms in total. The van der Waals surface area contributed by atoms with Gasteiger partial charge in [-0.15, -0.1) is 0 Å². The van der Waals surface area contributed by atoms with Gasteiger partial charge in [-0.2, -0.15) is 5.10 Å². The van der Waals surface area contributed by atoms with Gasteiger partial charge in [0.25, 0.3) is 0 Å². The number of aromatic carboxylic acids is 1. The Morgan fingerprint density at radius 2 is 1.62 bits per heavy atom. The number of carbonyl (C=O) groups excluding carboxylic acids is 1. The Bertz CT molecular complexity index is 568. The molecule has 0 unspecified atom stereocenters. The minimum absolute atomic E-state index is 0.194. The van der Waals surface area contributed by atoms with Crippen LogP contribution in [-0.2, 0) is 4.79 Å². The van der Waals surface area contributed by atoms with Crippen molar-refractivity contribution >= 4 is 11.9 Å². The summed E-state index contributed by atoms with van der Waals surface area (Å²) in [5.41, 5.74) is 0.225. The monoisotopic (exact) mass is 333 g/mol. The Labute approximate surface area is 142 Å². The number of carbonyl (C=O) groups is 2. The molecule has 0 radical (unpaired) electrons. The molecular weight excluding hydrogens is 306 g/mol. The molecule has 2 heterocycles. The average molecular weight is 333 g/mol. The van der Waals surface area contributed by atoms with Gasteiger partial charge in [0.2, 0.25) is 5.91 Å². The van der Waals surface area contributed by atoms with Crippen molar-refractivity contribution in [3.8, 4) is 0 Å². The van der Waals surface area contributed by atoms with E-state index in [1.807, 2.05) is 4.90 Å². The van der Waals surface area contributed by atoms with Crippen LogP contribution in [0, 0.1) is 5.92 Å². The lowest BCUT2D eigenvalue weighted by atomic mass is 9.89. The molecule has 3 rings (SSSR count). The Balaban J connectivity index is 1.53. The molecule has 0 bridgehead atoms. The molecule has 132 valence electrons. The van der Waals surface area contributed by atoms with E-state index in [-0.39, 0.29) is 17.5 Å². The van der Waals surface area contributed by atoms with Crippen molar-refractivity contribution in [1.29, 1.82) is 0 Å². The third-order valence-electron chi connectivity index (χ3n) is 5.45. The Morgan fingerprint density at radius 1 is 1.00 bits per heavy atom. The molecule has 2 fully saturated rings. The van der Waals surface area contributed by atoms with E-state index in [4.69, 9.17) is 5.11 Å². The smallest absolute Gasteiger partial charge is 0.338 e. The second kappa shape index (κ2) is 7.81. The topological polar surface area (TPSA) is 75.4 Å². The van der Waals surface area contributed by atoms with Gasteiger partial charge in [-0.1, -0.05) is 32.1 Å². The van der Waals surface area contributed by atoms with E-state index in [2.05, 4.69) is 5.10 Å². The molecule has 0 atom stereocenters. The first-order chi connectivity index (χ1) is 11.6. The largest absolute Gasteiger partial charge is 0.478 e. The van der Waals surface area contributed by atoms with Crippen LogP contribution < -0.4 is 0 Å². The summed E-state index contributed by atoms with van der Waals surface area (Å²) in [5.74, 6) is -0.398. The maximum absolute atomic E-state index is 12.8. The number of likely N-dealkylation sites (tertiary alicyclic amines) is 1. The van der Waals surface area contributed by atoms with Gasteiger partial charge in [0.05, 0.1) is 17.8 Å². The van der Waals surface area contributed by atoms with Gasteiger partial charge in [0.1, 0.15) is 0 Å². The molecule has 1 aromatic rings. The second-order valence-corrected chi connectivity index (χ2v) is 7.11. The standard InChI is InChI=1S/C18H27N3O3/c22-17(14-6-4-2-1-3-5-7-14)20-10-8-16(9-11-20)21-13-15(12-19-21)18(23)24/h12-14,16H,1-11H2,(H,23,24). The van der Waals surface area contributed by atoms with E-state index < -0.39 is 5.97 Å². The van der Waals surface area contributed by atoms with Gasteiger partial charge < -0.3 is 10.0 Å². The van der Waals surface area contributed by atoms with Gasteiger partial charge in [0.15, 0.2) is 0 Å². The number of carboxylic acids is 1. The summed E-state index contributed by atoms with van der Waals surface area (Å²) in [6.45, 7) is 1.50. The molecule has 0 aromatic carbocycles. The first-order valence-corrected chi connectivity index (χ1v) is 9.21. The molecule has 0 spiro atoms. The molecule has 1 aliphatic carbocycles. The van der Waals surface area contributed by atoms with E-state index in [0.717, 1.165) is 38.8 Å². The zero-order valence-corrected chi connectivity index (χ0v) is 14.2. The zero-order chi connectivity index (χ0) is 16.9. The van der Waals surface area contributed by atoms with Crippen LogP contribution in [-0.4, -0.2) is 44.8 Å². The fourth-order valence-electron chi connectivity index (χ4n) is 3.96. The van der Waals surface area contributed by atoms with Crippen LogP contribution in [0.2, 0.25) is 0 Å². The van der Waals surface area contributed by atoms with Crippen molar-refractivity contribution in [2.75, 3.05) is 13.1 Å². The first-order valence-electron chi connectivity index (χ1n) is 9.21. The van der Waals surface area contributed by atoms with Crippen molar-refractivity contribution < 1.29 is 14.7 Å². The highest BCUT2D eigenvalue weighted by atomic mass is 16.4. The van der Waals surface area contributed by atoms with Crippen LogP contribution in [0.1, 0.15) is 74.2 Å². The highest BCUT2D eigenvalue weighted by Crippen LogP contribution is 2.27. The number of rotatable bonds is 3. The lowest BCUT2D eigenvalue weighted by Crippen LogP contribution is -2.42. The van der Waals surface area contributed by atoms with Gasteiger partial charge in [-0.05, 0) is 25.7 Å². The Kier molecular flexibility index (Phi) is 5.53. The lowest BCUT2D eigenvalue weighted by molar-refractivity contribution is -0.137. The summed E-state index contributed by atoms with van der Waals surface area (Å²) in [4.78, 5) is 25.8. The molecule has 1 aliphatic heterocycles. The van der Waals surface area contributed by atoms with Crippen LogP contribution in [0.5, 0.6) is 0 Å². The molecule has 1 saturated heterocycles. The zero-order valence-electron chi connectivity index (χ0n) is 14.2. The molecule has 6 heteroatoms. The number of amides is 1. The Morgan fingerprint density at radius 3 is 2.21 bits per heavy atom. The minimum Gasteiger partial charge on any atom is -0.478 e. The number of hydrogen-bond acceptors (Lipinski definition) is 3. The van der Waals surface area contributed by atoms with Gasteiger partial charge in [-0.3, -0.25) is 9.48 Å². The first kappa shape index (κ1) is 17.0. The van der Waals surface area contributed by atoms with E-state index in [9.17, 15) is 9.59 Å². The average Bonchev–Trinajstić information content (AvgIpc) is 3.04. The normalized spacial score (nSPS) is 21.2. The highest BCUT2D eigenvalue weighted by molar-refractivity contribution is 5.86. The van der Waals surface area contributed by atoms with Crippen LogP contribution in [0.3, 0.4) is 0 Å². The van der Waals surface area contributed by atoms with E-state index in [1.54, 1.807) is 10.9 Å². The molecule has 1 aromatic heterocycles. The molecule has 2 aliphatic rings. The summed E-state index contributed by atoms with van der Waals surface area (Å²) < 4.78 is 1.75. The maximum Gasteiger partial charge on any atom is 0.338 e. The summed E-state index contributed by atoms with van der Waals surface area (Å²) in [7, 11) is 0. The lowest BCUT2D eigenvalue weighted by Gasteiger charge is -2.34. The van der Waals surface area contributed by atoms with Crippen LogP contribution >= 0.6 is 0 Å². The summed E-state index contributed by atoms with van der Waals surface area (Å²) in [5, 5.41) is 13.2. The molecular formula is C18H27N3O3. The third kappa shape index (κ3) is 3.97. The second-order valence-electron chi connectivity index (χ2n) is 7.11. The van der Waals surface area contributed by atoms with Crippen LogP contribution in [0.25, 0.3) is 0 Å². The van der Waals surface area contributed by atoms with Crippen molar-refractivity contribution in [2.45, 2.75) is 63.8 Å². The van der Waals surface area contributed by atoms with Gasteiger partial charge in [-0.25, -0.2) is 4.79 Å². The van der Waals surface area contributed by atoms with Gasteiger partial charge in [0, 0.05) is 25.2 Å². The highest BCUT2D eigenvalue weighted by Gasteiger charge is 2.29. The van der Waals surface area contributed by atoms with Crippen molar-refractivity contribution in [1.82, 2.24) is 14.7 Å². The fourth-order valence-corrected chi connectivity index (χ4v) is 3.96. The molecule has 1 amide bonds. The van der Waals surface area contributed by atoms with E-state index in [1.165, 1.54) is 38.3 Å². The number of piperidine rings is 1. The predicted octanol–water partition coefficient (Wildman–Crippen LogP) is 3.11. The number of carboxylic acid groups (broad SMARTS) is 1. The van der Waals surface area contributed by atoms with E-state index in [0.29, 0.717) is 5.91 Å². The number of aromatic nitrogens is 2. The Hall–Kier alpha value is -1.85. The summed E-state index contributed by atoms with van der Waals surface area (Å²) in [6, 6.07) is 0.194. The molecule has 24 heavy (non-hydrogen) atoms. The van der Waals surface area contributed by atoms with Gasteiger partial charge >= 0.3 is 5.97 Å². The summed E-state index contributed by atoms with van der Waals surface area (Å²) in [6.07, 6.45) is 13.0. The van der Waals surface area contributed by atoms with E-state index >= 15 is 0 Å². The number of nitrogens with zero attached hydrogens (tertiary/aromatic N) is 3. The van der Waals surface area contributed by atoms with Crippen LogP contribution in [0.4, 0.5) is 0 Å². The summed E-state index contributed by atoms with van der Waals surface area (Å²) >= 11 is 0. The predicted molar refractivity (Wildman–Crippen MR) is 89.8 cm³/mol. The molecule has 1 N–H and O–H groups in total. The number of hydrogen-bond donors (Lipinski definition) is 1. The molecule has 1 saturated carbocycles. The van der Waals surface area contributed by atoms with Crippen molar-refractivity contribution in [3.05, 3.63) is 18.0 Å². The van der Waals surface area contributed by atoms with Crippen LogP contribution in [0.15, 0.2) is 12.4 Å².